The molecule has 37 heavy (non-hydrogen) atoms. The molecule has 0 spiro atoms. The van der Waals surface area contributed by atoms with Crippen LogP contribution in [0.1, 0.15) is 34.9 Å². The molecule has 2 aromatic carbocycles. The highest BCUT2D eigenvalue weighted by Gasteiger charge is 2.34. The Morgan fingerprint density at radius 3 is 2.51 bits per heavy atom. The van der Waals surface area contributed by atoms with Crippen LogP contribution in [0.15, 0.2) is 70.2 Å². The number of nitrogens with zero attached hydrogens (tertiary/aromatic N) is 2. The predicted octanol–water partition coefficient (Wildman–Crippen LogP) is 5.92. The first-order chi connectivity index (χ1) is 17.5. The zero-order chi connectivity index (χ0) is 26.4. The number of alkyl halides is 3. The second kappa shape index (κ2) is 9.18. The minimum atomic E-state index is -4.55. The summed E-state index contributed by atoms with van der Waals surface area (Å²) in [5.74, 6) is -0.845. The van der Waals surface area contributed by atoms with Gasteiger partial charge < -0.3 is 9.15 Å². The summed E-state index contributed by atoms with van der Waals surface area (Å²) in [5.41, 5.74) is 0.884. The lowest BCUT2D eigenvalue weighted by Gasteiger charge is -2.28. The fourth-order valence-electron chi connectivity index (χ4n) is 4.27. The molecule has 5 rings (SSSR count). The number of hydrogen-bond acceptors (Lipinski definition) is 6. The Balaban J connectivity index is 1.54. The van der Waals surface area contributed by atoms with Gasteiger partial charge in [-0.05, 0) is 42.3 Å². The lowest BCUT2D eigenvalue weighted by Crippen LogP contribution is -2.19. The largest absolute Gasteiger partial charge is 0.493 e. The SMILES string of the molecule is Cc1nc(-c2cc(C(F)(F)F)ccc2C2CCOc3cc(S(=O)(=O)Nc4cccc(F)n4)ccc32)co1. The number of pyridine rings is 1. The van der Waals surface area contributed by atoms with Crippen molar-refractivity contribution in [1.29, 1.82) is 0 Å². The van der Waals surface area contributed by atoms with E-state index in [1.807, 2.05) is 0 Å². The summed E-state index contributed by atoms with van der Waals surface area (Å²) >= 11 is 0. The number of ether oxygens (including phenoxy) is 1. The van der Waals surface area contributed by atoms with Crippen molar-refractivity contribution in [3.8, 4) is 17.0 Å². The number of rotatable bonds is 5. The fraction of sp³-hybridized carbons (Fsp3) is 0.200. The van der Waals surface area contributed by atoms with Gasteiger partial charge in [-0.25, -0.2) is 18.4 Å². The molecule has 0 radical (unpaired) electrons. The second-order valence-electron chi connectivity index (χ2n) is 8.39. The third-order valence-electron chi connectivity index (χ3n) is 5.94. The number of hydrogen-bond donors (Lipinski definition) is 1. The Hall–Kier alpha value is -3.93. The number of sulfonamides is 1. The van der Waals surface area contributed by atoms with Crippen LogP contribution in [0, 0.1) is 12.9 Å². The van der Waals surface area contributed by atoms with Crippen molar-refractivity contribution in [2.75, 3.05) is 11.3 Å². The van der Waals surface area contributed by atoms with Crippen LogP contribution in [0.5, 0.6) is 5.75 Å². The van der Waals surface area contributed by atoms with Crippen molar-refractivity contribution >= 4 is 15.8 Å². The molecule has 7 nitrogen and oxygen atoms in total. The molecule has 1 aliphatic heterocycles. The average molecular weight is 534 g/mol. The number of aromatic nitrogens is 2. The summed E-state index contributed by atoms with van der Waals surface area (Å²) in [5, 5.41) is 0. The molecule has 0 saturated heterocycles. The number of oxazole rings is 1. The molecule has 4 aromatic rings. The molecule has 0 aliphatic carbocycles. The minimum Gasteiger partial charge on any atom is -0.493 e. The van der Waals surface area contributed by atoms with E-state index in [-0.39, 0.29) is 34.3 Å². The van der Waals surface area contributed by atoms with Gasteiger partial charge in [-0.2, -0.15) is 17.6 Å². The molecule has 192 valence electrons. The van der Waals surface area contributed by atoms with E-state index < -0.39 is 33.6 Å². The maximum absolute atomic E-state index is 13.5. The van der Waals surface area contributed by atoms with Gasteiger partial charge in [-0.3, -0.25) is 4.72 Å². The van der Waals surface area contributed by atoms with E-state index in [2.05, 4.69) is 14.7 Å². The normalized spacial score (nSPS) is 15.6. The zero-order valence-corrected chi connectivity index (χ0v) is 20.0. The van der Waals surface area contributed by atoms with Gasteiger partial charge in [0.15, 0.2) is 5.89 Å². The molecule has 1 N–H and O–H groups in total. The monoisotopic (exact) mass is 533 g/mol. The van der Waals surface area contributed by atoms with E-state index in [1.54, 1.807) is 13.0 Å². The molecule has 12 heteroatoms. The number of fused-ring (bicyclic) bond motifs is 1. The molecular formula is C25H19F4N3O4S. The van der Waals surface area contributed by atoms with Gasteiger partial charge in [0.25, 0.3) is 10.0 Å². The maximum atomic E-state index is 13.5. The highest BCUT2D eigenvalue weighted by molar-refractivity contribution is 7.92. The van der Waals surface area contributed by atoms with Crippen LogP contribution < -0.4 is 9.46 Å². The Kier molecular flexibility index (Phi) is 6.14. The first-order valence-corrected chi connectivity index (χ1v) is 12.6. The standard InChI is InChI=1S/C25H19F4N3O4S/c1-14-30-21(13-36-14)20-11-15(25(27,28)29)5-7-17(20)18-9-10-35-22-12-16(6-8-19(18)22)37(33,34)32-24-4-2-3-23(26)31-24/h2-8,11-13,18H,9-10H2,1H3,(H,31,32). The van der Waals surface area contributed by atoms with E-state index >= 15 is 0 Å². The predicted molar refractivity (Wildman–Crippen MR) is 125 cm³/mol. The molecule has 3 heterocycles. The van der Waals surface area contributed by atoms with Crippen molar-refractivity contribution in [3.05, 3.63) is 89.4 Å². The zero-order valence-electron chi connectivity index (χ0n) is 19.2. The second-order valence-corrected chi connectivity index (χ2v) is 10.1. The molecule has 0 fully saturated rings. The Labute approximate surface area is 209 Å². The van der Waals surface area contributed by atoms with Crippen LogP contribution >= 0.6 is 0 Å². The van der Waals surface area contributed by atoms with Gasteiger partial charge in [-0.1, -0.05) is 18.2 Å². The van der Waals surface area contributed by atoms with Crippen molar-refractivity contribution in [2.24, 2.45) is 0 Å². The van der Waals surface area contributed by atoms with Crippen molar-refractivity contribution in [1.82, 2.24) is 9.97 Å². The van der Waals surface area contributed by atoms with Gasteiger partial charge in [0.1, 0.15) is 23.5 Å². The van der Waals surface area contributed by atoms with E-state index in [0.717, 1.165) is 18.2 Å². The number of aryl methyl sites for hydroxylation is 1. The van der Waals surface area contributed by atoms with Crippen LogP contribution in [0.4, 0.5) is 23.4 Å². The van der Waals surface area contributed by atoms with E-state index in [0.29, 0.717) is 23.4 Å². The highest BCUT2D eigenvalue weighted by atomic mass is 32.2. The summed E-state index contributed by atoms with van der Waals surface area (Å²) in [6.07, 6.45) is -2.80. The number of halogens is 4. The first-order valence-electron chi connectivity index (χ1n) is 11.1. The van der Waals surface area contributed by atoms with E-state index in [4.69, 9.17) is 9.15 Å². The van der Waals surface area contributed by atoms with Gasteiger partial charge in [-0.15, -0.1) is 0 Å². The summed E-state index contributed by atoms with van der Waals surface area (Å²) in [4.78, 5) is 7.59. The fourth-order valence-corrected chi connectivity index (χ4v) is 5.28. The molecule has 0 bridgehead atoms. The van der Waals surface area contributed by atoms with Crippen LogP contribution in [0.25, 0.3) is 11.3 Å². The average Bonchev–Trinajstić information content (AvgIpc) is 3.28. The Morgan fingerprint density at radius 2 is 1.81 bits per heavy atom. The quantitative estimate of drug-likeness (QED) is 0.253. The molecule has 1 aliphatic rings. The third-order valence-corrected chi connectivity index (χ3v) is 7.29. The molecule has 0 amide bonds. The molecular weight excluding hydrogens is 514 g/mol. The molecule has 1 unspecified atom stereocenters. The highest BCUT2D eigenvalue weighted by Crippen LogP contribution is 2.44. The minimum absolute atomic E-state index is 0.141. The Bertz CT molecular complexity index is 1590. The van der Waals surface area contributed by atoms with Gasteiger partial charge >= 0.3 is 6.18 Å². The summed E-state index contributed by atoms with van der Waals surface area (Å²) in [6.45, 7) is 1.80. The lowest BCUT2D eigenvalue weighted by molar-refractivity contribution is -0.137. The summed E-state index contributed by atoms with van der Waals surface area (Å²) in [6, 6.07) is 11.4. The smallest absolute Gasteiger partial charge is 0.416 e. The number of benzene rings is 2. The van der Waals surface area contributed by atoms with Crippen molar-refractivity contribution in [2.45, 2.75) is 30.3 Å². The van der Waals surface area contributed by atoms with Crippen molar-refractivity contribution < 1.29 is 35.1 Å². The molecule has 2 aromatic heterocycles. The van der Waals surface area contributed by atoms with Crippen LogP contribution in [-0.4, -0.2) is 25.0 Å². The maximum Gasteiger partial charge on any atom is 0.416 e. The van der Waals surface area contributed by atoms with Gasteiger partial charge in [0.2, 0.25) is 5.95 Å². The van der Waals surface area contributed by atoms with Gasteiger partial charge in [0.05, 0.1) is 17.1 Å². The lowest BCUT2D eigenvalue weighted by atomic mass is 9.83. The third kappa shape index (κ3) is 5.01. The Morgan fingerprint density at radius 1 is 1.03 bits per heavy atom. The van der Waals surface area contributed by atoms with Crippen LogP contribution in [-0.2, 0) is 16.2 Å². The number of nitrogens with one attached hydrogen (secondary N) is 1. The summed E-state index contributed by atoms with van der Waals surface area (Å²) < 4.78 is 92.8. The number of anilines is 1. The van der Waals surface area contributed by atoms with E-state index in [9.17, 15) is 26.0 Å². The van der Waals surface area contributed by atoms with Crippen molar-refractivity contribution in [3.63, 3.8) is 0 Å². The molecule has 1 atom stereocenters. The summed E-state index contributed by atoms with van der Waals surface area (Å²) in [7, 11) is -4.12. The van der Waals surface area contributed by atoms with E-state index in [1.165, 1.54) is 36.6 Å². The van der Waals surface area contributed by atoms with Gasteiger partial charge in [0, 0.05) is 30.0 Å². The van der Waals surface area contributed by atoms with Crippen LogP contribution in [0.3, 0.4) is 0 Å². The first kappa shape index (κ1) is 24.8. The topological polar surface area (TPSA) is 94.3 Å². The molecule has 0 saturated carbocycles. The van der Waals surface area contributed by atoms with Crippen LogP contribution in [0.2, 0.25) is 0 Å².